The van der Waals surface area contributed by atoms with Crippen LogP contribution in [-0.4, -0.2) is 40.3 Å². The molecule has 4 rings (SSSR count). The van der Waals surface area contributed by atoms with Crippen molar-refractivity contribution in [1.82, 2.24) is 9.55 Å². The lowest BCUT2D eigenvalue weighted by Crippen LogP contribution is -2.19. The van der Waals surface area contributed by atoms with Crippen LogP contribution in [0.25, 0.3) is 12.2 Å². The molecule has 1 aliphatic rings. The van der Waals surface area contributed by atoms with Crippen molar-refractivity contribution in [2.24, 2.45) is 0 Å². The number of hydrogen-bond donors (Lipinski definition) is 0. The monoisotopic (exact) mass is 499 g/mol. The molecule has 0 atom stereocenters. The van der Waals surface area contributed by atoms with Crippen LogP contribution in [-0.2, 0) is 11.3 Å². The summed E-state index contributed by atoms with van der Waals surface area (Å²) < 4.78 is 18.7. The average Bonchev–Trinajstić information content (AvgIpc) is 3.20. The fraction of sp³-hybridized carbons (Fsp3) is 0.182. The highest BCUT2D eigenvalue weighted by Gasteiger charge is 2.23. The second-order valence-corrected chi connectivity index (χ2v) is 7.65. The highest BCUT2D eigenvalue weighted by Crippen LogP contribution is 2.34. The summed E-state index contributed by atoms with van der Waals surface area (Å²) in [5, 5.41) is 11.4. The number of imidazole rings is 1. The normalized spacial score (nSPS) is 12.7. The summed E-state index contributed by atoms with van der Waals surface area (Å²) >= 11 is 3.41. The topological polar surface area (TPSA) is 106 Å². The Balaban J connectivity index is 1.48. The van der Waals surface area contributed by atoms with E-state index in [2.05, 4.69) is 20.9 Å². The molecule has 164 valence electrons. The van der Waals surface area contributed by atoms with E-state index in [1.807, 2.05) is 24.3 Å². The van der Waals surface area contributed by atoms with Gasteiger partial charge in [-0.3, -0.25) is 0 Å². The van der Waals surface area contributed by atoms with E-state index in [0.717, 1.165) is 10.0 Å². The van der Waals surface area contributed by atoms with Crippen LogP contribution in [0.2, 0.25) is 0 Å². The Bertz CT molecular complexity index is 1190. The molecular weight excluding hydrogens is 482 g/mol. The van der Waals surface area contributed by atoms with Gasteiger partial charge in [0.1, 0.15) is 38.1 Å². The van der Waals surface area contributed by atoms with Crippen molar-refractivity contribution in [3.8, 4) is 11.5 Å². The van der Waals surface area contributed by atoms with Crippen LogP contribution < -0.4 is 9.47 Å². The zero-order valence-corrected chi connectivity index (χ0v) is 18.4. The molecule has 2 aromatic carbocycles. The molecule has 0 fully saturated rings. The molecule has 2 heterocycles. The first-order valence-electron chi connectivity index (χ1n) is 9.72. The number of fused-ring (bicyclic) bond motifs is 1. The molecule has 1 aliphatic heterocycles. The molecule has 0 bridgehead atoms. The first-order chi connectivity index (χ1) is 15.5. The molecular formula is C22H18BrN3O6. The molecule has 0 unspecified atom stereocenters. The van der Waals surface area contributed by atoms with Gasteiger partial charge in [-0.1, -0.05) is 34.1 Å². The number of carbonyl (C=O) groups excluding carboxylic acids is 1. The Labute approximate surface area is 191 Å². The number of aromatic nitrogens is 2. The van der Waals surface area contributed by atoms with Crippen molar-refractivity contribution in [3.05, 3.63) is 80.2 Å². The number of rotatable bonds is 7. The van der Waals surface area contributed by atoms with Gasteiger partial charge in [0.05, 0.1) is 0 Å². The number of nitrogens with zero attached hydrogens (tertiary/aromatic N) is 3. The largest absolute Gasteiger partial charge is 0.486 e. The number of para-hydroxylation sites is 1. The molecule has 0 spiro atoms. The predicted molar refractivity (Wildman–Crippen MR) is 120 cm³/mol. The molecule has 0 radical (unpaired) electrons. The highest BCUT2D eigenvalue weighted by atomic mass is 79.9. The molecule has 9 nitrogen and oxygen atoms in total. The Hall–Kier alpha value is -3.66. The maximum absolute atomic E-state index is 12.6. The zero-order valence-electron chi connectivity index (χ0n) is 16.8. The minimum absolute atomic E-state index is 0.0621. The molecule has 0 N–H and O–H groups in total. The van der Waals surface area contributed by atoms with Crippen molar-refractivity contribution >= 4 is 39.9 Å². The molecule has 32 heavy (non-hydrogen) atoms. The quantitative estimate of drug-likeness (QED) is 0.270. The van der Waals surface area contributed by atoms with Crippen LogP contribution in [0, 0.1) is 10.1 Å². The Morgan fingerprint density at radius 3 is 2.84 bits per heavy atom. The van der Waals surface area contributed by atoms with Crippen LogP contribution >= 0.6 is 15.9 Å². The standard InChI is InChI=1S/C22H18BrN3O6/c23-16-4-1-3-15(13-16)7-8-19-24-14-20(26(28)29)25(19)9-10-32-22(27)17-5-2-6-18-21(17)31-12-11-30-18/h1-8,13-14H,9-12H2/b8-7-. The fourth-order valence-corrected chi connectivity index (χ4v) is 3.63. The van der Waals surface area contributed by atoms with E-state index in [1.165, 1.54) is 10.8 Å². The van der Waals surface area contributed by atoms with E-state index in [1.54, 1.807) is 30.4 Å². The van der Waals surface area contributed by atoms with Crippen molar-refractivity contribution in [2.75, 3.05) is 19.8 Å². The van der Waals surface area contributed by atoms with E-state index >= 15 is 0 Å². The average molecular weight is 500 g/mol. The van der Waals surface area contributed by atoms with Crippen molar-refractivity contribution in [2.45, 2.75) is 6.54 Å². The number of hydrogen-bond acceptors (Lipinski definition) is 7. The third kappa shape index (κ3) is 4.80. The summed E-state index contributed by atoms with van der Waals surface area (Å²) in [7, 11) is 0. The maximum Gasteiger partial charge on any atom is 0.343 e. The molecule has 3 aromatic rings. The number of ether oxygens (including phenoxy) is 3. The van der Waals surface area contributed by atoms with E-state index < -0.39 is 10.9 Å². The second kappa shape index (κ2) is 9.65. The molecule has 0 saturated heterocycles. The first kappa shape index (κ1) is 21.6. The first-order valence-corrected chi connectivity index (χ1v) is 10.5. The van der Waals surface area contributed by atoms with Gasteiger partial charge in [-0.05, 0) is 40.8 Å². The third-order valence-electron chi connectivity index (χ3n) is 4.66. The summed E-state index contributed by atoms with van der Waals surface area (Å²) in [5.41, 5.74) is 1.15. The second-order valence-electron chi connectivity index (χ2n) is 6.74. The predicted octanol–water partition coefficient (Wildman–Crippen LogP) is 4.35. The number of benzene rings is 2. The lowest BCUT2D eigenvalue weighted by Gasteiger charge is -2.20. The number of halogens is 1. The SMILES string of the molecule is O=C(OCCn1c([N+](=O)[O-])cnc1/C=C\c1cccc(Br)c1)c1cccc2c1OCCO2. The third-order valence-corrected chi connectivity index (χ3v) is 5.15. The van der Waals surface area contributed by atoms with Gasteiger partial charge >= 0.3 is 11.8 Å². The van der Waals surface area contributed by atoms with Gasteiger partial charge in [0, 0.05) is 10.5 Å². The van der Waals surface area contributed by atoms with E-state index in [9.17, 15) is 14.9 Å². The highest BCUT2D eigenvalue weighted by molar-refractivity contribution is 9.10. The summed E-state index contributed by atoms with van der Waals surface area (Å²) in [6.07, 6.45) is 4.66. The van der Waals surface area contributed by atoms with Crippen LogP contribution in [0.4, 0.5) is 5.82 Å². The van der Waals surface area contributed by atoms with E-state index in [4.69, 9.17) is 14.2 Å². The summed E-state index contributed by atoms with van der Waals surface area (Å²) in [6, 6.07) is 12.6. The van der Waals surface area contributed by atoms with Gasteiger partial charge in [0.2, 0.25) is 5.82 Å². The number of carbonyl (C=O) groups is 1. The summed E-state index contributed by atoms with van der Waals surface area (Å²) in [5.74, 6) is 0.414. The molecule has 1 aromatic heterocycles. The summed E-state index contributed by atoms with van der Waals surface area (Å²) in [4.78, 5) is 27.6. The molecule has 0 amide bonds. The Kier molecular flexibility index (Phi) is 6.50. The van der Waals surface area contributed by atoms with Gasteiger partial charge in [-0.25, -0.2) is 14.3 Å². The van der Waals surface area contributed by atoms with Crippen molar-refractivity contribution in [3.63, 3.8) is 0 Å². The smallest absolute Gasteiger partial charge is 0.343 e. The lowest BCUT2D eigenvalue weighted by molar-refractivity contribution is -0.392. The van der Waals surface area contributed by atoms with Crippen LogP contribution in [0.1, 0.15) is 21.7 Å². The van der Waals surface area contributed by atoms with Gasteiger partial charge in [-0.15, -0.1) is 0 Å². The van der Waals surface area contributed by atoms with Gasteiger partial charge in [-0.2, -0.15) is 0 Å². The van der Waals surface area contributed by atoms with Crippen LogP contribution in [0.5, 0.6) is 11.5 Å². The Morgan fingerprint density at radius 2 is 2.03 bits per heavy atom. The van der Waals surface area contributed by atoms with Gasteiger partial charge < -0.3 is 24.3 Å². The van der Waals surface area contributed by atoms with Crippen molar-refractivity contribution < 1.29 is 23.9 Å². The van der Waals surface area contributed by atoms with Gasteiger partial charge in [0.15, 0.2) is 11.5 Å². The van der Waals surface area contributed by atoms with Gasteiger partial charge in [0.25, 0.3) is 0 Å². The fourth-order valence-electron chi connectivity index (χ4n) is 3.21. The maximum atomic E-state index is 12.6. The molecule has 0 aliphatic carbocycles. The summed E-state index contributed by atoms with van der Waals surface area (Å²) in [6.45, 7) is 0.725. The minimum atomic E-state index is -0.596. The molecule has 10 heteroatoms. The number of esters is 1. The van der Waals surface area contributed by atoms with E-state index in [-0.39, 0.29) is 24.5 Å². The van der Waals surface area contributed by atoms with Crippen molar-refractivity contribution in [1.29, 1.82) is 0 Å². The lowest BCUT2D eigenvalue weighted by atomic mass is 10.2. The van der Waals surface area contributed by atoms with E-state index in [0.29, 0.717) is 30.5 Å². The van der Waals surface area contributed by atoms with Crippen LogP contribution in [0.3, 0.4) is 0 Å². The number of nitro groups is 1. The Morgan fingerprint density at radius 1 is 1.22 bits per heavy atom. The molecule has 0 saturated carbocycles. The zero-order chi connectivity index (χ0) is 22.5. The minimum Gasteiger partial charge on any atom is -0.486 e. The van der Waals surface area contributed by atoms with Crippen LogP contribution in [0.15, 0.2) is 53.1 Å².